The molecule has 0 radical (unpaired) electrons. The fourth-order valence-corrected chi connectivity index (χ4v) is 10.8. The van der Waals surface area contributed by atoms with Gasteiger partial charge < -0.3 is 62.7 Å². The van der Waals surface area contributed by atoms with Crippen molar-refractivity contribution in [1.29, 1.82) is 0 Å². The summed E-state index contributed by atoms with van der Waals surface area (Å²) in [7, 11) is 0. The van der Waals surface area contributed by atoms with Crippen molar-refractivity contribution in [3.05, 3.63) is 64.7 Å². The number of carbonyl (C=O) groups excluding carboxylic acids is 10. The molecular formula is C52H68AlFN10O16. The fraction of sp³-hybridized carbons (Fsp3) is 0.558. The number of aliphatic hydroxyl groups is 1. The lowest BCUT2D eigenvalue weighted by Gasteiger charge is -2.30. The minimum atomic E-state index is -3.93. The predicted octanol–water partition coefficient (Wildman–Crippen LogP) is -3.00. The molecule has 0 aliphatic carbocycles. The van der Waals surface area contributed by atoms with Crippen LogP contribution >= 0.6 is 0 Å². The number of amides is 6. The molecule has 8 N–H and O–H groups in total. The highest BCUT2D eigenvalue weighted by molar-refractivity contribution is 6.41. The molecule has 432 valence electrons. The number of anilines is 1. The number of carboxylic acid groups (broad SMARTS) is 1. The van der Waals surface area contributed by atoms with Crippen LogP contribution < -0.4 is 36.8 Å². The van der Waals surface area contributed by atoms with Crippen LogP contribution in [0.3, 0.4) is 0 Å². The lowest BCUT2D eigenvalue weighted by Crippen LogP contribution is -2.59. The summed E-state index contributed by atoms with van der Waals surface area (Å²) < 4.78 is 28.3. The minimum absolute atomic E-state index is 0.148. The number of carboxylic acids is 1. The van der Waals surface area contributed by atoms with E-state index in [4.69, 9.17) is 12.3 Å². The van der Waals surface area contributed by atoms with Crippen molar-refractivity contribution in [1.82, 2.24) is 46.6 Å². The number of cyclic esters (lactones) is 1. The molecule has 10 atom stereocenters. The van der Waals surface area contributed by atoms with Gasteiger partial charge in [0.25, 0.3) is 11.9 Å². The van der Waals surface area contributed by atoms with Crippen molar-refractivity contribution in [3.63, 3.8) is 0 Å². The Balaban J connectivity index is 0.888. The number of rotatable bonds is 22. The van der Waals surface area contributed by atoms with Crippen LogP contribution in [0.25, 0.3) is 0 Å². The van der Waals surface area contributed by atoms with Gasteiger partial charge in [0, 0.05) is 65.2 Å². The predicted molar refractivity (Wildman–Crippen MR) is 279 cm³/mol. The molecule has 3 fully saturated rings. The van der Waals surface area contributed by atoms with Crippen molar-refractivity contribution in [2.24, 2.45) is 5.92 Å². The molecule has 5 aliphatic heterocycles. The first-order valence-corrected chi connectivity index (χ1v) is 28.1. The monoisotopic (exact) mass is 1130 g/mol. The summed E-state index contributed by atoms with van der Waals surface area (Å²) in [4.78, 5) is 149. The zero-order chi connectivity index (χ0) is 57.6. The van der Waals surface area contributed by atoms with Crippen LogP contribution in [-0.2, 0) is 90.9 Å². The second-order valence-electron chi connectivity index (χ2n) is 20.6. The molecule has 2 bridgehead atoms. The zero-order valence-electron chi connectivity index (χ0n) is 44.5. The number of aldehydes is 1. The Morgan fingerprint density at radius 2 is 1.46 bits per heavy atom. The molecule has 80 heavy (non-hydrogen) atoms. The summed E-state index contributed by atoms with van der Waals surface area (Å²) in [5.74, 6) is -7.89. The molecule has 0 saturated carbocycles. The average molecular weight is 1140 g/mol. The van der Waals surface area contributed by atoms with E-state index in [2.05, 4.69) is 36.8 Å². The molecule has 6 amide bonds. The first-order valence-electron chi connectivity index (χ1n) is 26.7. The van der Waals surface area contributed by atoms with Crippen molar-refractivity contribution < 1.29 is 78.8 Å². The number of aliphatic hydroxyl groups excluding tert-OH is 1. The Bertz CT molecular complexity index is 2620. The first kappa shape index (κ1) is 60.7. The van der Waals surface area contributed by atoms with Crippen LogP contribution in [0.2, 0.25) is 0 Å². The van der Waals surface area contributed by atoms with Gasteiger partial charge in [0.05, 0.1) is 44.2 Å². The maximum Gasteiger partial charge on any atom is 1.15 e. The van der Waals surface area contributed by atoms with Gasteiger partial charge in [-0.05, 0) is 47.4 Å². The van der Waals surface area contributed by atoms with E-state index in [0.29, 0.717) is 76.2 Å². The van der Waals surface area contributed by atoms with Crippen LogP contribution in [0.1, 0.15) is 68.2 Å². The zero-order valence-corrected chi connectivity index (χ0v) is 45.7. The largest absolute Gasteiger partial charge is 1.15 e. The second kappa shape index (κ2) is 28.5. The van der Waals surface area contributed by atoms with Crippen LogP contribution in [-0.4, -0.2) is 214 Å². The lowest BCUT2D eigenvalue weighted by molar-refractivity contribution is -0.155. The number of aryl methyl sites for hydroxylation is 1. The fourth-order valence-electron chi connectivity index (χ4n) is 10.2. The number of esters is 1. The molecule has 7 rings (SSSR count). The topological polar surface area (TPSA) is 341 Å². The van der Waals surface area contributed by atoms with Crippen LogP contribution in [0.4, 0.5) is 9.21 Å². The number of fused-ring (bicyclic) bond motifs is 3. The molecule has 0 spiro atoms. The summed E-state index contributed by atoms with van der Waals surface area (Å²) in [6.07, 6.45) is -1.24. The second-order valence-corrected chi connectivity index (χ2v) is 21.6. The average Bonchev–Trinajstić information content (AvgIpc) is 4.14. The van der Waals surface area contributed by atoms with Crippen molar-refractivity contribution in [2.75, 3.05) is 70.3 Å². The van der Waals surface area contributed by atoms with E-state index in [1.807, 2.05) is 41.0 Å². The maximum atomic E-state index is 14.3. The molecule has 26 nitrogen and oxygen atoms in total. The third-order valence-electron chi connectivity index (χ3n) is 14.7. The Kier molecular flexibility index (Phi) is 21.6. The Hall–Kier alpha value is -6.93. The quantitative estimate of drug-likeness (QED) is 0.0331. The van der Waals surface area contributed by atoms with E-state index in [0.717, 1.165) is 16.7 Å². The number of benzene rings is 2. The van der Waals surface area contributed by atoms with Gasteiger partial charge in [-0.2, -0.15) is 0 Å². The number of para-hydroxylation sites is 1. The van der Waals surface area contributed by atoms with Gasteiger partial charge >= 0.3 is 27.2 Å². The molecular weight excluding hydrogens is 1070 g/mol. The van der Waals surface area contributed by atoms with Gasteiger partial charge in [0.2, 0.25) is 41.7 Å². The number of hydrogen-bond acceptors (Lipinski definition) is 19. The van der Waals surface area contributed by atoms with E-state index < -0.39 is 136 Å². The van der Waals surface area contributed by atoms with Gasteiger partial charge in [-0.1, -0.05) is 62.7 Å². The normalized spacial score (nSPS) is 23.8. The smallest absolute Gasteiger partial charge is 0.558 e. The van der Waals surface area contributed by atoms with Crippen molar-refractivity contribution in [3.8, 4) is 0 Å². The van der Waals surface area contributed by atoms with Gasteiger partial charge in [-0.3, -0.25) is 67.5 Å². The van der Waals surface area contributed by atoms with Gasteiger partial charge in [0.1, 0.15) is 36.5 Å². The maximum absolute atomic E-state index is 14.3. The molecule has 28 heteroatoms. The highest BCUT2D eigenvalue weighted by Gasteiger charge is 2.47. The van der Waals surface area contributed by atoms with Gasteiger partial charge in [-0.25, -0.2) is 0 Å². The molecule has 0 aromatic heterocycles. The molecule has 5 heterocycles. The number of ether oxygens (including phenoxy) is 1. The van der Waals surface area contributed by atoms with E-state index >= 15 is 0 Å². The molecule has 2 aromatic rings. The van der Waals surface area contributed by atoms with Crippen molar-refractivity contribution >= 4 is 86.6 Å². The highest BCUT2D eigenvalue weighted by atomic mass is 27.3. The highest BCUT2D eigenvalue weighted by Crippen LogP contribution is 2.39. The standard InChI is InChI=1S/C52H70N10O16.Al.FH/c1-3-30(2)46(50(75)56-37-12-11-33-5-4-6-34-22-39(62(47(33)34)51(37)76)49(74)57-38-23-45(72)78-52(38)77)58-41(65)25-53-24-35(29-63)54-48(73)36(13-14-42(66)67)55-40(64)21-31-7-9-32(10-8-31)26-59-15-17-60(27-43(68)69)19-20-61(18-16-59)28-44(70)71;;/h4-10,29-30,35-39,46,52-53,77H,3,11-28H2,1-2H3,(H,54,73)(H,55,64)(H,56,75)(H,57,74)(H,58,65)(H,66,67)(H,68,69)(H,70,71);;1H/q;+3;/p-3/t30-,35?,36+,37-,38?,39-,46-,52?;;/m0../s1. The summed E-state index contributed by atoms with van der Waals surface area (Å²) in [6, 6.07) is 5.67. The molecule has 3 saturated heterocycles. The van der Waals surface area contributed by atoms with Crippen LogP contribution in [0.5, 0.6) is 0 Å². The van der Waals surface area contributed by atoms with Crippen LogP contribution in [0.15, 0.2) is 42.5 Å². The van der Waals surface area contributed by atoms with Crippen LogP contribution in [0, 0.1) is 5.92 Å². The number of nitrogens with zero attached hydrogens (tertiary/aromatic N) is 4. The Morgan fingerprint density at radius 3 is 2.09 bits per heavy atom. The van der Waals surface area contributed by atoms with E-state index in [9.17, 15) is 66.5 Å². The Morgan fingerprint density at radius 1 is 0.812 bits per heavy atom. The SMILES string of the molecule is CC[C@H](C)[C@H](NC(=O)CNCC(C=O)NC(=O)[C@@H](CCC(=O)O)NC(=O)Cc1ccc(CN2CCN3CCN(CC2)CC(=O)[O][Al]([F])[O]C(=O)C3)cc1)C(=O)N[C@H]1CCc2cccc3c2N(C1=O)[C@H](C(=O)NC1CC(=O)OC1O)C3. The van der Waals surface area contributed by atoms with Crippen molar-refractivity contribution in [2.45, 2.75) is 114 Å². The summed E-state index contributed by atoms with van der Waals surface area (Å²) in [5, 5.41) is 35.5. The number of carbonyl (C=O) groups is 11. The molecule has 5 unspecified atom stereocenters. The summed E-state index contributed by atoms with van der Waals surface area (Å²) in [6.45, 7) is 6.00. The third kappa shape index (κ3) is 16.8. The van der Waals surface area contributed by atoms with E-state index in [-0.39, 0.29) is 51.7 Å². The molecule has 2 aromatic carbocycles. The summed E-state index contributed by atoms with van der Waals surface area (Å²) >= 11 is -3.93. The minimum Gasteiger partial charge on any atom is -0.558 e. The number of aliphatic carboxylic acids is 1. The number of halogens is 1. The first-order chi connectivity index (χ1) is 38.3. The number of nitrogens with one attached hydrogen (secondary N) is 6. The van der Waals surface area contributed by atoms with Gasteiger partial charge in [0.15, 0.2) is 0 Å². The summed E-state index contributed by atoms with van der Waals surface area (Å²) in [5.41, 5.74) is 3.55. The number of hydrogen-bond donors (Lipinski definition) is 8. The van der Waals surface area contributed by atoms with Gasteiger partial charge in [-0.15, -0.1) is 0 Å². The lowest BCUT2D eigenvalue weighted by atomic mass is 9.97. The van der Waals surface area contributed by atoms with E-state index in [1.165, 1.54) is 4.90 Å². The molecule has 5 aliphatic rings. The third-order valence-corrected chi connectivity index (χ3v) is 15.6. The Labute approximate surface area is 465 Å². The van der Waals surface area contributed by atoms with E-state index in [1.54, 1.807) is 25.1 Å².